The molecule has 0 aliphatic carbocycles. The molecule has 21 heavy (non-hydrogen) atoms. The number of hydrogen-bond acceptors (Lipinski definition) is 8. The van der Waals surface area contributed by atoms with Crippen LogP contribution in [0.2, 0.25) is 5.15 Å². The highest BCUT2D eigenvalue weighted by atomic mass is 35.5. The molecule has 3 N–H and O–H groups in total. The number of thioether (sulfide) groups is 2. The van der Waals surface area contributed by atoms with E-state index in [1.54, 1.807) is 35.7 Å². The van der Waals surface area contributed by atoms with E-state index in [4.69, 9.17) is 17.3 Å². The molecule has 0 aliphatic heterocycles. The van der Waals surface area contributed by atoms with Crippen LogP contribution in [0.1, 0.15) is 13.8 Å². The minimum Gasteiger partial charge on any atom is -0.368 e. The third kappa shape index (κ3) is 4.90. The molecule has 0 unspecified atom stereocenters. The molecule has 0 aromatic carbocycles. The van der Waals surface area contributed by atoms with Crippen molar-refractivity contribution in [2.75, 3.05) is 22.6 Å². The van der Waals surface area contributed by atoms with Gasteiger partial charge < -0.3 is 11.1 Å². The predicted molar refractivity (Wildman–Crippen MR) is 89.6 cm³/mol. The maximum atomic E-state index is 6.00. The lowest BCUT2D eigenvalue weighted by Crippen LogP contribution is -2.04. The third-order valence-corrected chi connectivity index (χ3v) is 4.00. The molecule has 9 heteroatoms. The van der Waals surface area contributed by atoms with E-state index in [0.717, 1.165) is 21.6 Å². The van der Waals surface area contributed by atoms with Gasteiger partial charge in [0.05, 0.1) is 0 Å². The predicted octanol–water partition coefficient (Wildman–Crippen LogP) is 3.47. The average molecular weight is 343 g/mol. The minimum absolute atomic E-state index is 0.209. The smallest absolute Gasteiger partial charge is 0.230 e. The van der Waals surface area contributed by atoms with Gasteiger partial charge in [-0.1, -0.05) is 25.4 Å². The molecule has 0 radical (unpaired) electrons. The molecule has 0 spiro atoms. The molecule has 0 saturated heterocycles. The molecule has 2 aromatic rings. The Morgan fingerprint density at radius 3 is 2.38 bits per heavy atom. The van der Waals surface area contributed by atoms with E-state index >= 15 is 0 Å². The van der Waals surface area contributed by atoms with Crippen molar-refractivity contribution in [2.45, 2.75) is 23.9 Å². The number of rotatable bonds is 6. The van der Waals surface area contributed by atoms with Crippen molar-refractivity contribution in [2.24, 2.45) is 0 Å². The van der Waals surface area contributed by atoms with Crippen molar-refractivity contribution in [3.05, 3.63) is 17.3 Å². The zero-order chi connectivity index (χ0) is 15.2. The van der Waals surface area contributed by atoms with Crippen LogP contribution in [-0.2, 0) is 0 Å². The van der Waals surface area contributed by atoms with Gasteiger partial charge in [0, 0.05) is 12.1 Å². The standard InChI is InChI=1S/C12H15ClN6S2/c1-3-20-9-5-7(13)15-12(19-9)17-8-6-10(21-4-2)18-11(14)16-8/h5-6H,3-4H2,1-2H3,(H3,14,15,16,17,18,19). The van der Waals surface area contributed by atoms with Crippen molar-refractivity contribution in [1.29, 1.82) is 0 Å². The highest BCUT2D eigenvalue weighted by molar-refractivity contribution is 7.99. The summed E-state index contributed by atoms with van der Waals surface area (Å²) < 4.78 is 0. The number of aromatic nitrogens is 4. The minimum atomic E-state index is 0.209. The van der Waals surface area contributed by atoms with E-state index in [2.05, 4.69) is 25.3 Å². The van der Waals surface area contributed by atoms with Crippen molar-refractivity contribution in [3.63, 3.8) is 0 Å². The van der Waals surface area contributed by atoms with Crippen LogP contribution in [0.4, 0.5) is 17.7 Å². The number of nitrogens with zero attached hydrogens (tertiary/aromatic N) is 4. The van der Waals surface area contributed by atoms with E-state index in [9.17, 15) is 0 Å². The molecule has 2 heterocycles. The second-order valence-corrected chi connectivity index (χ2v) is 6.75. The zero-order valence-corrected chi connectivity index (χ0v) is 14.0. The van der Waals surface area contributed by atoms with E-state index in [1.165, 1.54) is 0 Å². The van der Waals surface area contributed by atoms with E-state index in [-0.39, 0.29) is 5.95 Å². The summed E-state index contributed by atoms with van der Waals surface area (Å²) in [5.41, 5.74) is 5.70. The average Bonchev–Trinajstić information content (AvgIpc) is 2.37. The van der Waals surface area contributed by atoms with Crippen LogP contribution < -0.4 is 11.1 Å². The van der Waals surface area contributed by atoms with Crippen molar-refractivity contribution < 1.29 is 0 Å². The van der Waals surface area contributed by atoms with Gasteiger partial charge in [-0.25, -0.2) is 15.0 Å². The summed E-state index contributed by atoms with van der Waals surface area (Å²) in [5, 5.41) is 5.02. The molecule has 2 rings (SSSR count). The molecule has 0 aliphatic rings. The first-order valence-corrected chi connectivity index (χ1v) is 8.67. The summed E-state index contributed by atoms with van der Waals surface area (Å²) in [6, 6.07) is 3.54. The van der Waals surface area contributed by atoms with Crippen LogP contribution in [0, 0.1) is 0 Å². The quantitative estimate of drug-likeness (QED) is 0.609. The number of hydrogen-bond donors (Lipinski definition) is 2. The number of nitrogen functional groups attached to an aromatic ring is 1. The Hall–Kier alpha value is -1.25. The second-order valence-electron chi connectivity index (χ2n) is 3.79. The highest BCUT2D eigenvalue weighted by Gasteiger charge is 2.07. The molecular weight excluding hydrogens is 328 g/mol. The van der Waals surface area contributed by atoms with Crippen LogP contribution in [0.15, 0.2) is 22.2 Å². The normalized spacial score (nSPS) is 10.6. The second kappa shape index (κ2) is 7.67. The topological polar surface area (TPSA) is 89.6 Å². The summed E-state index contributed by atoms with van der Waals surface area (Å²) in [6.07, 6.45) is 0. The first-order valence-electron chi connectivity index (χ1n) is 6.32. The Morgan fingerprint density at radius 2 is 1.71 bits per heavy atom. The molecule has 0 bridgehead atoms. The van der Waals surface area contributed by atoms with E-state index in [1.807, 2.05) is 13.8 Å². The van der Waals surface area contributed by atoms with Crippen LogP contribution >= 0.6 is 35.1 Å². The lowest BCUT2D eigenvalue weighted by atomic mass is 10.5. The lowest BCUT2D eigenvalue weighted by molar-refractivity contribution is 1.03. The van der Waals surface area contributed by atoms with E-state index in [0.29, 0.717) is 16.9 Å². The lowest BCUT2D eigenvalue weighted by Gasteiger charge is -2.08. The summed E-state index contributed by atoms with van der Waals surface area (Å²) in [5.74, 6) is 2.96. The Kier molecular flexibility index (Phi) is 5.89. The summed E-state index contributed by atoms with van der Waals surface area (Å²) in [7, 11) is 0. The Labute approximate surface area is 136 Å². The summed E-state index contributed by atoms with van der Waals surface area (Å²) in [6.45, 7) is 4.09. The molecule has 0 fully saturated rings. The number of nitrogens with one attached hydrogen (secondary N) is 1. The molecule has 112 valence electrons. The largest absolute Gasteiger partial charge is 0.368 e. The van der Waals surface area contributed by atoms with Gasteiger partial charge in [-0.3, -0.25) is 0 Å². The zero-order valence-electron chi connectivity index (χ0n) is 11.6. The highest BCUT2D eigenvalue weighted by Crippen LogP contribution is 2.23. The number of nitrogens with two attached hydrogens (primary N) is 1. The van der Waals surface area contributed by atoms with Crippen molar-refractivity contribution in [3.8, 4) is 0 Å². The monoisotopic (exact) mass is 342 g/mol. The van der Waals surface area contributed by atoms with Gasteiger partial charge in [0.1, 0.15) is 21.0 Å². The molecule has 0 atom stereocenters. The molecule has 0 saturated carbocycles. The van der Waals surface area contributed by atoms with E-state index < -0.39 is 0 Å². The van der Waals surface area contributed by atoms with Gasteiger partial charge in [0.2, 0.25) is 11.9 Å². The fourth-order valence-electron chi connectivity index (χ4n) is 1.52. The molecule has 6 nitrogen and oxygen atoms in total. The van der Waals surface area contributed by atoms with Crippen LogP contribution in [-0.4, -0.2) is 31.4 Å². The van der Waals surface area contributed by atoms with Crippen LogP contribution in [0.5, 0.6) is 0 Å². The number of anilines is 3. The van der Waals surface area contributed by atoms with Crippen molar-refractivity contribution in [1.82, 2.24) is 19.9 Å². The van der Waals surface area contributed by atoms with Gasteiger partial charge in [-0.2, -0.15) is 4.98 Å². The first kappa shape index (κ1) is 16.1. The number of halogens is 1. The fraction of sp³-hybridized carbons (Fsp3) is 0.333. The fourth-order valence-corrected chi connectivity index (χ4v) is 3.06. The van der Waals surface area contributed by atoms with Crippen LogP contribution in [0.25, 0.3) is 0 Å². The molecule has 0 amide bonds. The van der Waals surface area contributed by atoms with Crippen molar-refractivity contribution >= 4 is 52.8 Å². The maximum Gasteiger partial charge on any atom is 0.230 e. The third-order valence-electron chi connectivity index (χ3n) is 2.22. The molecule has 2 aromatic heterocycles. The van der Waals surface area contributed by atoms with Gasteiger partial charge in [-0.15, -0.1) is 23.5 Å². The maximum absolute atomic E-state index is 6.00. The summed E-state index contributed by atoms with van der Waals surface area (Å²) >= 11 is 9.18. The molecular formula is C12H15ClN6S2. The van der Waals surface area contributed by atoms with Gasteiger partial charge in [0.25, 0.3) is 0 Å². The van der Waals surface area contributed by atoms with Gasteiger partial charge in [-0.05, 0) is 11.5 Å². The van der Waals surface area contributed by atoms with Crippen LogP contribution in [0.3, 0.4) is 0 Å². The Morgan fingerprint density at radius 1 is 1.05 bits per heavy atom. The SMILES string of the molecule is CCSc1cc(Nc2nc(Cl)cc(SCC)n2)nc(N)n1. The first-order chi connectivity index (χ1) is 10.1. The van der Waals surface area contributed by atoms with Gasteiger partial charge in [0.15, 0.2) is 0 Å². The Bertz CT molecular complexity index is 571. The summed E-state index contributed by atoms with van der Waals surface area (Å²) in [4.78, 5) is 16.8. The Balaban J connectivity index is 2.24. The van der Waals surface area contributed by atoms with Gasteiger partial charge >= 0.3 is 0 Å².